The number of nitrogens with one attached hydrogen (secondary N) is 1. The molecule has 0 radical (unpaired) electrons. The Morgan fingerprint density at radius 3 is 2.56 bits per heavy atom. The average Bonchev–Trinajstić information content (AvgIpc) is 2.32. The summed E-state index contributed by atoms with van der Waals surface area (Å²) in [5.74, 6) is -0.237. The highest BCUT2D eigenvalue weighted by atomic mass is 79.9. The first-order chi connectivity index (χ1) is 7.75. The van der Waals surface area contributed by atoms with Crippen LogP contribution >= 0.6 is 15.9 Å². The molecule has 3 heteroatoms. The fourth-order valence-corrected chi connectivity index (χ4v) is 1.81. The lowest BCUT2D eigenvalue weighted by molar-refractivity contribution is 0.628. The van der Waals surface area contributed by atoms with Gasteiger partial charge in [0, 0.05) is 11.0 Å². The molecule has 0 aliphatic carbocycles. The van der Waals surface area contributed by atoms with Crippen LogP contribution in [-0.2, 0) is 6.54 Å². The van der Waals surface area contributed by atoms with Crippen molar-refractivity contribution >= 4 is 21.6 Å². The van der Waals surface area contributed by atoms with Gasteiger partial charge in [-0.25, -0.2) is 4.39 Å². The van der Waals surface area contributed by atoms with Crippen LogP contribution in [0.1, 0.15) is 5.56 Å². The van der Waals surface area contributed by atoms with Crippen molar-refractivity contribution in [3.63, 3.8) is 0 Å². The molecule has 0 spiro atoms. The van der Waals surface area contributed by atoms with Gasteiger partial charge in [0.15, 0.2) is 0 Å². The molecule has 0 amide bonds. The summed E-state index contributed by atoms with van der Waals surface area (Å²) in [7, 11) is 0. The van der Waals surface area contributed by atoms with Crippen molar-refractivity contribution in [2.24, 2.45) is 0 Å². The van der Waals surface area contributed by atoms with E-state index in [2.05, 4.69) is 21.2 Å². The standard InChI is InChI=1S/C13H11BrFN/c14-12-7-6-11(15)8-13(12)16-9-10-4-2-1-3-5-10/h1-8,16H,9H2. The summed E-state index contributed by atoms with van der Waals surface area (Å²) in [4.78, 5) is 0. The molecule has 1 N–H and O–H groups in total. The Bertz CT molecular complexity index is 471. The minimum Gasteiger partial charge on any atom is -0.380 e. The summed E-state index contributed by atoms with van der Waals surface area (Å²) >= 11 is 3.37. The third kappa shape index (κ3) is 2.83. The highest BCUT2D eigenvalue weighted by Crippen LogP contribution is 2.23. The Kier molecular flexibility index (Phi) is 3.57. The van der Waals surface area contributed by atoms with E-state index in [1.165, 1.54) is 17.7 Å². The smallest absolute Gasteiger partial charge is 0.125 e. The van der Waals surface area contributed by atoms with E-state index in [1.807, 2.05) is 30.3 Å². The second kappa shape index (κ2) is 5.12. The van der Waals surface area contributed by atoms with Gasteiger partial charge in [0.25, 0.3) is 0 Å². The molecule has 0 heterocycles. The number of halogens is 2. The molecule has 82 valence electrons. The maximum Gasteiger partial charge on any atom is 0.125 e. The summed E-state index contributed by atoms with van der Waals surface area (Å²) in [5, 5.41) is 3.18. The molecule has 2 rings (SSSR count). The van der Waals surface area contributed by atoms with E-state index in [9.17, 15) is 4.39 Å². The van der Waals surface area contributed by atoms with Gasteiger partial charge in [0.2, 0.25) is 0 Å². The van der Waals surface area contributed by atoms with Gasteiger partial charge in [-0.15, -0.1) is 0 Å². The lowest BCUT2D eigenvalue weighted by atomic mass is 10.2. The van der Waals surface area contributed by atoms with Crippen molar-refractivity contribution in [3.8, 4) is 0 Å². The molecule has 0 atom stereocenters. The monoisotopic (exact) mass is 279 g/mol. The van der Waals surface area contributed by atoms with E-state index in [1.54, 1.807) is 6.07 Å². The van der Waals surface area contributed by atoms with Gasteiger partial charge < -0.3 is 5.32 Å². The molecule has 0 fully saturated rings. The molecule has 0 aliphatic heterocycles. The first kappa shape index (κ1) is 11.1. The molecule has 0 aromatic heterocycles. The highest BCUT2D eigenvalue weighted by molar-refractivity contribution is 9.10. The van der Waals surface area contributed by atoms with Crippen molar-refractivity contribution in [3.05, 3.63) is 64.4 Å². The van der Waals surface area contributed by atoms with Crippen LogP contribution in [-0.4, -0.2) is 0 Å². The second-order valence-electron chi connectivity index (χ2n) is 3.46. The number of anilines is 1. The Labute approximate surface area is 102 Å². The van der Waals surface area contributed by atoms with Crippen LogP contribution in [0.25, 0.3) is 0 Å². The molecule has 16 heavy (non-hydrogen) atoms. The topological polar surface area (TPSA) is 12.0 Å². The zero-order valence-electron chi connectivity index (χ0n) is 8.58. The van der Waals surface area contributed by atoms with Crippen LogP contribution in [0.3, 0.4) is 0 Å². The lowest BCUT2D eigenvalue weighted by Crippen LogP contribution is -2.00. The fourth-order valence-electron chi connectivity index (χ4n) is 1.43. The number of hydrogen-bond donors (Lipinski definition) is 1. The van der Waals surface area contributed by atoms with E-state index in [0.717, 1.165) is 10.2 Å². The number of hydrogen-bond acceptors (Lipinski definition) is 1. The first-order valence-electron chi connectivity index (χ1n) is 4.98. The summed E-state index contributed by atoms with van der Waals surface area (Å²) in [6.45, 7) is 0.683. The molecule has 2 aromatic carbocycles. The van der Waals surface area contributed by atoms with E-state index in [-0.39, 0.29) is 5.82 Å². The zero-order valence-corrected chi connectivity index (χ0v) is 10.2. The van der Waals surface area contributed by atoms with Gasteiger partial charge in [0.05, 0.1) is 5.69 Å². The number of rotatable bonds is 3. The Hall–Kier alpha value is -1.35. The minimum absolute atomic E-state index is 0.237. The molecule has 0 saturated carbocycles. The molecule has 0 bridgehead atoms. The minimum atomic E-state index is -0.237. The average molecular weight is 280 g/mol. The van der Waals surface area contributed by atoms with Crippen LogP contribution in [0.5, 0.6) is 0 Å². The molecule has 0 saturated heterocycles. The lowest BCUT2D eigenvalue weighted by Gasteiger charge is -2.08. The molecule has 2 aromatic rings. The van der Waals surface area contributed by atoms with Crippen LogP contribution in [0.4, 0.5) is 10.1 Å². The van der Waals surface area contributed by atoms with E-state index < -0.39 is 0 Å². The van der Waals surface area contributed by atoms with Crippen molar-refractivity contribution in [1.29, 1.82) is 0 Å². The van der Waals surface area contributed by atoms with Crippen LogP contribution in [0, 0.1) is 5.82 Å². The Morgan fingerprint density at radius 1 is 1.06 bits per heavy atom. The highest BCUT2D eigenvalue weighted by Gasteiger charge is 2.00. The van der Waals surface area contributed by atoms with E-state index in [4.69, 9.17) is 0 Å². The first-order valence-corrected chi connectivity index (χ1v) is 5.78. The quantitative estimate of drug-likeness (QED) is 0.888. The van der Waals surface area contributed by atoms with Gasteiger partial charge in [-0.3, -0.25) is 0 Å². The summed E-state index contributed by atoms with van der Waals surface area (Å²) < 4.78 is 13.9. The zero-order chi connectivity index (χ0) is 11.4. The van der Waals surface area contributed by atoms with Crippen LogP contribution in [0.2, 0.25) is 0 Å². The van der Waals surface area contributed by atoms with Crippen molar-refractivity contribution in [2.45, 2.75) is 6.54 Å². The Balaban J connectivity index is 2.08. The van der Waals surface area contributed by atoms with Gasteiger partial charge in [-0.2, -0.15) is 0 Å². The third-order valence-corrected chi connectivity index (χ3v) is 2.95. The Morgan fingerprint density at radius 2 is 1.81 bits per heavy atom. The fraction of sp³-hybridized carbons (Fsp3) is 0.0769. The summed E-state index contributed by atoms with van der Waals surface area (Å²) in [6.07, 6.45) is 0. The second-order valence-corrected chi connectivity index (χ2v) is 4.32. The van der Waals surface area contributed by atoms with Crippen LogP contribution < -0.4 is 5.32 Å². The van der Waals surface area contributed by atoms with E-state index in [0.29, 0.717) is 6.54 Å². The molecule has 0 aliphatic rings. The molecule has 1 nitrogen and oxygen atoms in total. The van der Waals surface area contributed by atoms with Gasteiger partial charge in [0.1, 0.15) is 5.82 Å². The third-order valence-electron chi connectivity index (χ3n) is 2.25. The van der Waals surface area contributed by atoms with Gasteiger partial charge >= 0.3 is 0 Å². The summed E-state index contributed by atoms with van der Waals surface area (Å²) in [5.41, 5.74) is 1.93. The predicted molar refractivity (Wildman–Crippen MR) is 67.9 cm³/mol. The SMILES string of the molecule is Fc1ccc(Br)c(NCc2ccccc2)c1. The van der Waals surface area contributed by atoms with Gasteiger partial charge in [-0.05, 0) is 39.7 Å². The summed E-state index contributed by atoms with van der Waals surface area (Å²) in [6, 6.07) is 14.6. The van der Waals surface area contributed by atoms with Crippen LogP contribution in [0.15, 0.2) is 53.0 Å². The van der Waals surface area contributed by atoms with Gasteiger partial charge in [-0.1, -0.05) is 30.3 Å². The molecular weight excluding hydrogens is 269 g/mol. The largest absolute Gasteiger partial charge is 0.380 e. The normalized spacial score (nSPS) is 10.1. The number of benzene rings is 2. The van der Waals surface area contributed by atoms with Crippen molar-refractivity contribution in [1.82, 2.24) is 0 Å². The van der Waals surface area contributed by atoms with Crippen molar-refractivity contribution in [2.75, 3.05) is 5.32 Å². The predicted octanol–water partition coefficient (Wildman–Crippen LogP) is 4.20. The molecule has 0 unspecified atom stereocenters. The molecular formula is C13H11BrFN. The van der Waals surface area contributed by atoms with Crippen molar-refractivity contribution < 1.29 is 4.39 Å². The maximum absolute atomic E-state index is 13.0. The maximum atomic E-state index is 13.0. The van der Waals surface area contributed by atoms with E-state index >= 15 is 0 Å².